The van der Waals surface area contributed by atoms with Gasteiger partial charge >= 0.3 is 5.69 Å². The van der Waals surface area contributed by atoms with Crippen LogP contribution in [0.2, 0.25) is 0 Å². The maximum Gasteiger partial charge on any atom is 0.333 e. The highest BCUT2D eigenvalue weighted by Crippen LogP contribution is 2.27. The van der Waals surface area contributed by atoms with E-state index >= 15 is 0 Å². The third-order valence-electron chi connectivity index (χ3n) is 3.98. The fourth-order valence-corrected chi connectivity index (χ4v) is 2.59. The maximum absolute atomic E-state index is 12.8. The van der Waals surface area contributed by atoms with Crippen LogP contribution in [0, 0.1) is 12.8 Å². The Morgan fingerprint density at radius 1 is 1.43 bits per heavy atom. The van der Waals surface area contributed by atoms with E-state index in [2.05, 4.69) is 0 Å². The summed E-state index contributed by atoms with van der Waals surface area (Å²) in [5.74, 6) is -0.851. The van der Waals surface area contributed by atoms with Crippen LogP contribution in [0.15, 0.2) is 15.8 Å². The van der Waals surface area contributed by atoms with E-state index in [-0.39, 0.29) is 25.1 Å². The van der Waals surface area contributed by atoms with E-state index in [4.69, 9.17) is 14.9 Å². The third-order valence-corrected chi connectivity index (χ3v) is 3.98. The Morgan fingerprint density at radius 2 is 2.13 bits per heavy atom. The molecule has 1 aliphatic rings. The van der Waals surface area contributed by atoms with Crippen molar-refractivity contribution in [2.45, 2.75) is 38.3 Å². The number of aromatic nitrogens is 2. The van der Waals surface area contributed by atoms with Crippen molar-refractivity contribution >= 4 is 0 Å². The Kier molecular flexibility index (Phi) is 5.69. The second-order valence-electron chi connectivity index (χ2n) is 5.74. The number of nitrogens with zero attached hydrogens (tertiary/aromatic N) is 2. The molecule has 1 aromatic heterocycles. The first-order valence-electron chi connectivity index (χ1n) is 7.36. The van der Waals surface area contributed by atoms with Gasteiger partial charge in [-0.3, -0.25) is 18.3 Å². The fraction of sp³-hybridized carbons (Fsp3) is 0.714. The summed E-state index contributed by atoms with van der Waals surface area (Å²) in [6, 6.07) is 0. The van der Waals surface area contributed by atoms with Crippen molar-refractivity contribution in [2.75, 3.05) is 19.9 Å². The molecule has 9 heteroatoms. The molecular formula is C14H21FN2O6. The Hall–Kier alpha value is -1.55. The van der Waals surface area contributed by atoms with Gasteiger partial charge in [-0.05, 0) is 6.92 Å². The summed E-state index contributed by atoms with van der Waals surface area (Å²) in [6.45, 7) is -0.472. The Balaban J connectivity index is 2.41. The van der Waals surface area contributed by atoms with Crippen LogP contribution >= 0.6 is 0 Å². The van der Waals surface area contributed by atoms with Crippen LogP contribution in [0.1, 0.15) is 18.2 Å². The summed E-state index contributed by atoms with van der Waals surface area (Å²) in [5, 5.41) is 28.0. The number of alkyl halides is 1. The molecule has 0 amide bonds. The molecule has 1 fully saturated rings. The van der Waals surface area contributed by atoms with E-state index in [1.54, 1.807) is 0 Å². The molecule has 0 radical (unpaired) electrons. The first kappa shape index (κ1) is 17.8. The van der Waals surface area contributed by atoms with E-state index in [1.165, 1.54) is 13.1 Å². The van der Waals surface area contributed by atoms with Crippen molar-refractivity contribution in [2.24, 2.45) is 5.92 Å². The van der Waals surface area contributed by atoms with Crippen molar-refractivity contribution in [3.8, 4) is 0 Å². The van der Waals surface area contributed by atoms with Gasteiger partial charge in [0.1, 0.15) is 12.3 Å². The lowest BCUT2D eigenvalue weighted by atomic mass is 10.2. The number of ether oxygens (including phenoxy) is 1. The smallest absolute Gasteiger partial charge is 0.333 e. The van der Waals surface area contributed by atoms with E-state index in [0.717, 1.165) is 9.13 Å². The van der Waals surface area contributed by atoms with Crippen LogP contribution < -0.4 is 11.2 Å². The lowest BCUT2D eigenvalue weighted by molar-refractivity contribution is -0.0464. The molecule has 0 bridgehead atoms. The highest BCUT2D eigenvalue weighted by atomic mass is 19.1. The van der Waals surface area contributed by atoms with Gasteiger partial charge in [-0.15, -0.1) is 0 Å². The zero-order chi connectivity index (χ0) is 17.1. The van der Waals surface area contributed by atoms with Gasteiger partial charge in [-0.2, -0.15) is 0 Å². The molecule has 1 saturated heterocycles. The molecule has 23 heavy (non-hydrogen) atoms. The number of aryl methyl sites for hydroxylation is 1. The normalized spacial score (nSPS) is 25.7. The van der Waals surface area contributed by atoms with E-state index < -0.39 is 48.9 Å². The summed E-state index contributed by atoms with van der Waals surface area (Å²) in [4.78, 5) is 24.6. The van der Waals surface area contributed by atoms with E-state index in [1.807, 2.05) is 0 Å². The van der Waals surface area contributed by atoms with Gasteiger partial charge in [0.2, 0.25) is 0 Å². The molecule has 0 spiro atoms. The Morgan fingerprint density at radius 3 is 2.65 bits per heavy atom. The van der Waals surface area contributed by atoms with Crippen LogP contribution in [-0.4, -0.2) is 56.6 Å². The fourth-order valence-electron chi connectivity index (χ4n) is 2.59. The van der Waals surface area contributed by atoms with Gasteiger partial charge in [-0.25, -0.2) is 4.79 Å². The van der Waals surface area contributed by atoms with Crippen LogP contribution in [0.3, 0.4) is 0 Å². The molecule has 1 aromatic rings. The van der Waals surface area contributed by atoms with Gasteiger partial charge in [0.15, 0.2) is 0 Å². The lowest BCUT2D eigenvalue weighted by Crippen LogP contribution is -2.44. The lowest BCUT2D eigenvalue weighted by Gasteiger charge is -2.19. The first-order valence-corrected chi connectivity index (χ1v) is 7.36. The molecule has 130 valence electrons. The molecule has 2 heterocycles. The Bertz CT molecular complexity index is 654. The minimum atomic E-state index is -0.923. The quantitative estimate of drug-likeness (QED) is 0.586. The van der Waals surface area contributed by atoms with Crippen molar-refractivity contribution in [1.29, 1.82) is 0 Å². The molecule has 1 aliphatic heterocycles. The van der Waals surface area contributed by atoms with Gasteiger partial charge in [0.05, 0.1) is 26.0 Å². The molecule has 3 N–H and O–H groups in total. The molecule has 2 unspecified atom stereocenters. The molecule has 0 aliphatic carbocycles. The predicted molar refractivity (Wildman–Crippen MR) is 77.9 cm³/mol. The SMILES string of the molecule is Cc1cn([C@H]2CC(O)[C@@H](CO)O2)c(=O)n(CC(CO)CF)c1=O. The van der Waals surface area contributed by atoms with E-state index in [9.17, 15) is 19.1 Å². The van der Waals surface area contributed by atoms with Crippen LogP contribution in [-0.2, 0) is 11.3 Å². The van der Waals surface area contributed by atoms with Crippen LogP contribution in [0.25, 0.3) is 0 Å². The topological polar surface area (TPSA) is 114 Å². The average Bonchev–Trinajstić information content (AvgIpc) is 2.92. The largest absolute Gasteiger partial charge is 0.396 e. The predicted octanol–water partition coefficient (Wildman–Crippen LogP) is -1.46. The maximum atomic E-state index is 12.8. The molecule has 0 saturated carbocycles. The number of aliphatic hydroxyl groups excluding tert-OH is 3. The van der Waals surface area contributed by atoms with Gasteiger partial charge < -0.3 is 20.1 Å². The monoisotopic (exact) mass is 332 g/mol. The minimum Gasteiger partial charge on any atom is -0.396 e. The summed E-state index contributed by atoms with van der Waals surface area (Å²) in [5.41, 5.74) is -1.01. The number of rotatable bonds is 6. The standard InChI is InChI=1S/C14H21FN2O6/c1-8-4-16(12-2-10(20)11(7-19)23-12)14(22)17(13(8)21)5-9(3-15)6-18/h4,9-12,18-20H,2-3,5-7H2,1H3/t9?,10?,11-,12-/m1/s1. The second-order valence-corrected chi connectivity index (χ2v) is 5.74. The number of aliphatic hydroxyl groups is 3. The minimum absolute atomic E-state index is 0.0926. The highest BCUT2D eigenvalue weighted by molar-refractivity contribution is 5.04. The number of halogens is 1. The van der Waals surface area contributed by atoms with Gasteiger partial charge in [-0.1, -0.05) is 0 Å². The zero-order valence-electron chi connectivity index (χ0n) is 12.8. The van der Waals surface area contributed by atoms with E-state index in [0.29, 0.717) is 0 Å². The Labute approximate surface area is 131 Å². The summed E-state index contributed by atoms with van der Waals surface area (Å²) in [6.07, 6.45) is -1.13. The third kappa shape index (κ3) is 3.52. The molecule has 2 rings (SSSR count). The van der Waals surface area contributed by atoms with Crippen LogP contribution in [0.5, 0.6) is 0 Å². The van der Waals surface area contributed by atoms with Crippen molar-refractivity contribution < 1.29 is 24.4 Å². The van der Waals surface area contributed by atoms with Gasteiger partial charge in [0.25, 0.3) is 5.56 Å². The summed E-state index contributed by atoms with van der Waals surface area (Å²) in [7, 11) is 0. The van der Waals surface area contributed by atoms with Gasteiger partial charge in [0, 0.05) is 30.6 Å². The van der Waals surface area contributed by atoms with Crippen molar-refractivity contribution in [1.82, 2.24) is 9.13 Å². The number of hydrogen-bond acceptors (Lipinski definition) is 6. The second kappa shape index (κ2) is 7.35. The molecule has 0 aromatic carbocycles. The van der Waals surface area contributed by atoms with Crippen molar-refractivity contribution in [3.63, 3.8) is 0 Å². The molecular weight excluding hydrogens is 311 g/mol. The van der Waals surface area contributed by atoms with Crippen LogP contribution in [0.4, 0.5) is 4.39 Å². The first-order chi connectivity index (χ1) is 10.9. The molecule has 4 atom stereocenters. The summed E-state index contributed by atoms with van der Waals surface area (Å²) < 4.78 is 20.2. The highest BCUT2D eigenvalue weighted by Gasteiger charge is 2.35. The van der Waals surface area contributed by atoms with Crippen molar-refractivity contribution in [3.05, 3.63) is 32.6 Å². The summed E-state index contributed by atoms with van der Waals surface area (Å²) >= 11 is 0. The average molecular weight is 332 g/mol. The molecule has 8 nitrogen and oxygen atoms in total. The number of hydrogen-bond donors (Lipinski definition) is 3. The zero-order valence-corrected chi connectivity index (χ0v) is 12.8.